The number of hydrogen-bond donors (Lipinski definition) is 1. The number of likely N-dealkylation sites (tertiary alicyclic amines) is 1. The lowest BCUT2D eigenvalue weighted by molar-refractivity contribution is -0.0721. The van der Waals surface area contributed by atoms with Gasteiger partial charge in [-0.1, -0.05) is 18.2 Å². The summed E-state index contributed by atoms with van der Waals surface area (Å²) in [7, 11) is 0. The van der Waals surface area contributed by atoms with Crippen molar-refractivity contribution < 1.29 is 9.47 Å². The van der Waals surface area contributed by atoms with Crippen LogP contribution in [-0.2, 0) is 9.47 Å². The number of para-hydroxylation sites is 1. The summed E-state index contributed by atoms with van der Waals surface area (Å²) in [5.74, 6) is 1.71. The molecule has 0 aromatic heterocycles. The maximum Gasteiger partial charge on any atom is 0.193 e. The number of ether oxygens (including phenoxy) is 2. The number of hydrogen-bond acceptors (Lipinski definition) is 4. The van der Waals surface area contributed by atoms with Gasteiger partial charge in [-0.3, -0.25) is 4.99 Å². The summed E-state index contributed by atoms with van der Waals surface area (Å²) < 4.78 is 12.0. The molecule has 4 rings (SSSR count). The largest absolute Gasteiger partial charge is 0.376 e. The molecule has 1 N–H and O–H groups in total. The van der Waals surface area contributed by atoms with Crippen molar-refractivity contribution in [3.63, 3.8) is 0 Å². The molecule has 3 heterocycles. The van der Waals surface area contributed by atoms with Crippen LogP contribution in [0.5, 0.6) is 0 Å². The minimum atomic E-state index is 0.313. The predicted octanol–water partition coefficient (Wildman–Crippen LogP) is 3.53. The molecule has 31 heavy (non-hydrogen) atoms. The van der Waals surface area contributed by atoms with Crippen molar-refractivity contribution in [3.8, 4) is 0 Å². The minimum absolute atomic E-state index is 0.313. The molecule has 3 aliphatic heterocycles. The van der Waals surface area contributed by atoms with Crippen molar-refractivity contribution in [1.82, 2.24) is 10.2 Å². The highest BCUT2D eigenvalue weighted by atomic mass is 16.5. The van der Waals surface area contributed by atoms with Gasteiger partial charge in [0.15, 0.2) is 5.96 Å². The van der Waals surface area contributed by atoms with E-state index in [1.807, 2.05) is 0 Å². The highest BCUT2D eigenvalue weighted by Gasteiger charge is 2.25. The van der Waals surface area contributed by atoms with Crippen molar-refractivity contribution in [1.29, 1.82) is 0 Å². The first kappa shape index (κ1) is 22.4. The number of anilines is 1. The zero-order valence-electron chi connectivity index (χ0n) is 19.2. The van der Waals surface area contributed by atoms with E-state index in [4.69, 9.17) is 14.5 Å². The van der Waals surface area contributed by atoms with E-state index < -0.39 is 0 Å². The molecule has 0 amide bonds. The first-order valence-corrected chi connectivity index (χ1v) is 12.4. The van der Waals surface area contributed by atoms with Gasteiger partial charge in [0, 0.05) is 51.6 Å². The van der Waals surface area contributed by atoms with E-state index in [1.54, 1.807) is 0 Å². The lowest BCUT2D eigenvalue weighted by Gasteiger charge is -2.35. The second-order valence-corrected chi connectivity index (χ2v) is 9.14. The third-order valence-corrected chi connectivity index (χ3v) is 6.77. The van der Waals surface area contributed by atoms with E-state index >= 15 is 0 Å². The lowest BCUT2D eigenvalue weighted by atomic mass is 10.1. The average Bonchev–Trinajstić information content (AvgIpc) is 3.31. The maximum atomic E-state index is 6.19. The Labute approximate surface area is 188 Å². The summed E-state index contributed by atoms with van der Waals surface area (Å²) in [6.07, 6.45) is 7.66. The van der Waals surface area contributed by atoms with Crippen molar-refractivity contribution in [2.75, 3.05) is 57.4 Å². The topological polar surface area (TPSA) is 49.3 Å². The second kappa shape index (κ2) is 11.7. The standard InChI is InChI=1S/C25H40N4O2/c1-2-26-25(27-18-21-11-14-29(19-21)22-8-4-3-5-9-22)28-15-12-23(13-16-28)31-20-24-10-6-7-17-30-24/h3-5,8-9,21,23-24H,2,6-7,10-20H2,1H3,(H,26,27). The average molecular weight is 429 g/mol. The van der Waals surface area contributed by atoms with Crippen molar-refractivity contribution in [3.05, 3.63) is 30.3 Å². The summed E-state index contributed by atoms with van der Waals surface area (Å²) in [6.45, 7) is 9.90. The molecule has 2 unspecified atom stereocenters. The molecule has 3 fully saturated rings. The van der Waals surface area contributed by atoms with Gasteiger partial charge in [-0.05, 0) is 63.5 Å². The monoisotopic (exact) mass is 428 g/mol. The summed E-state index contributed by atoms with van der Waals surface area (Å²) in [5, 5.41) is 3.52. The second-order valence-electron chi connectivity index (χ2n) is 9.14. The Balaban J connectivity index is 1.22. The zero-order valence-corrected chi connectivity index (χ0v) is 19.2. The molecule has 6 heteroatoms. The fourth-order valence-electron chi connectivity index (χ4n) is 4.91. The van der Waals surface area contributed by atoms with Crippen LogP contribution in [0.15, 0.2) is 35.3 Å². The number of guanidine groups is 1. The van der Waals surface area contributed by atoms with Crippen LogP contribution in [0.3, 0.4) is 0 Å². The highest BCUT2D eigenvalue weighted by Crippen LogP contribution is 2.24. The van der Waals surface area contributed by atoms with E-state index in [0.717, 1.165) is 77.7 Å². The SMILES string of the molecule is CCNC(=NCC1CCN(c2ccccc2)C1)N1CCC(OCC2CCCCO2)CC1. The predicted molar refractivity (Wildman–Crippen MR) is 127 cm³/mol. The molecule has 0 spiro atoms. The quantitative estimate of drug-likeness (QED) is 0.532. The van der Waals surface area contributed by atoms with Crippen LogP contribution in [0.2, 0.25) is 0 Å². The van der Waals surface area contributed by atoms with Crippen LogP contribution in [0, 0.1) is 5.92 Å². The fourth-order valence-corrected chi connectivity index (χ4v) is 4.91. The van der Waals surface area contributed by atoms with E-state index in [1.165, 1.54) is 24.9 Å². The van der Waals surface area contributed by atoms with Crippen LogP contribution >= 0.6 is 0 Å². The lowest BCUT2D eigenvalue weighted by Crippen LogP contribution is -2.47. The Morgan fingerprint density at radius 1 is 1.10 bits per heavy atom. The Morgan fingerprint density at radius 2 is 1.94 bits per heavy atom. The molecule has 0 radical (unpaired) electrons. The molecule has 172 valence electrons. The number of piperidine rings is 1. The molecule has 2 atom stereocenters. The van der Waals surface area contributed by atoms with Gasteiger partial charge in [-0.15, -0.1) is 0 Å². The zero-order chi connectivity index (χ0) is 21.3. The van der Waals surface area contributed by atoms with Gasteiger partial charge in [-0.25, -0.2) is 0 Å². The van der Waals surface area contributed by atoms with Crippen molar-refractivity contribution in [2.45, 2.75) is 57.7 Å². The number of benzene rings is 1. The minimum Gasteiger partial charge on any atom is -0.376 e. The first-order chi connectivity index (χ1) is 15.3. The van der Waals surface area contributed by atoms with Gasteiger partial charge in [-0.2, -0.15) is 0 Å². The summed E-state index contributed by atoms with van der Waals surface area (Å²) in [4.78, 5) is 9.95. The van der Waals surface area contributed by atoms with E-state index in [2.05, 4.69) is 52.4 Å². The van der Waals surface area contributed by atoms with Crippen molar-refractivity contribution >= 4 is 11.6 Å². The normalized spacial score (nSPS) is 25.8. The summed E-state index contributed by atoms with van der Waals surface area (Å²) >= 11 is 0. The smallest absolute Gasteiger partial charge is 0.193 e. The molecule has 3 saturated heterocycles. The van der Waals surface area contributed by atoms with E-state index in [-0.39, 0.29) is 0 Å². The summed E-state index contributed by atoms with van der Waals surface area (Å²) in [5.41, 5.74) is 1.33. The Hall–Kier alpha value is -1.79. The van der Waals surface area contributed by atoms with Crippen molar-refractivity contribution in [2.24, 2.45) is 10.9 Å². The number of nitrogens with one attached hydrogen (secondary N) is 1. The molecular weight excluding hydrogens is 388 g/mol. The van der Waals surface area contributed by atoms with Crippen LogP contribution in [-0.4, -0.2) is 75.5 Å². The molecule has 0 saturated carbocycles. The fraction of sp³-hybridized carbons (Fsp3) is 0.720. The first-order valence-electron chi connectivity index (χ1n) is 12.4. The van der Waals surface area contributed by atoms with Gasteiger partial charge < -0.3 is 24.6 Å². The third kappa shape index (κ3) is 6.59. The van der Waals surface area contributed by atoms with Crippen LogP contribution in [0.1, 0.15) is 45.4 Å². The van der Waals surface area contributed by atoms with E-state index in [0.29, 0.717) is 18.1 Å². The Bertz CT molecular complexity index is 669. The van der Waals surface area contributed by atoms with E-state index in [9.17, 15) is 0 Å². The number of rotatable bonds is 7. The molecule has 6 nitrogen and oxygen atoms in total. The number of aliphatic imine (C=N–C) groups is 1. The van der Waals surface area contributed by atoms with Gasteiger partial charge in [0.05, 0.1) is 18.8 Å². The molecule has 3 aliphatic rings. The summed E-state index contributed by atoms with van der Waals surface area (Å²) in [6, 6.07) is 10.8. The molecule has 0 bridgehead atoms. The van der Waals surface area contributed by atoms with Gasteiger partial charge in [0.2, 0.25) is 0 Å². The third-order valence-electron chi connectivity index (χ3n) is 6.77. The Morgan fingerprint density at radius 3 is 2.68 bits per heavy atom. The van der Waals surface area contributed by atoms with Gasteiger partial charge in [0.1, 0.15) is 0 Å². The van der Waals surface area contributed by atoms with Gasteiger partial charge >= 0.3 is 0 Å². The van der Waals surface area contributed by atoms with Crippen LogP contribution in [0.4, 0.5) is 5.69 Å². The Kier molecular flexibility index (Phi) is 8.47. The van der Waals surface area contributed by atoms with Crippen LogP contribution in [0.25, 0.3) is 0 Å². The highest BCUT2D eigenvalue weighted by molar-refractivity contribution is 5.80. The van der Waals surface area contributed by atoms with Crippen LogP contribution < -0.4 is 10.2 Å². The molecule has 1 aromatic rings. The number of nitrogens with zero attached hydrogens (tertiary/aromatic N) is 3. The molecule has 0 aliphatic carbocycles. The maximum absolute atomic E-state index is 6.19. The van der Waals surface area contributed by atoms with Gasteiger partial charge in [0.25, 0.3) is 0 Å². The molecular formula is C25H40N4O2. The molecule has 1 aromatic carbocycles.